The van der Waals surface area contributed by atoms with E-state index in [1.165, 1.54) is 37.0 Å². The van der Waals surface area contributed by atoms with Gasteiger partial charge in [0.25, 0.3) is 5.91 Å². The first kappa shape index (κ1) is 16.4. The molecular weight excluding hydrogens is 282 g/mol. The second kappa shape index (κ2) is 7.22. The quantitative estimate of drug-likeness (QED) is 0.879. The van der Waals surface area contributed by atoms with Gasteiger partial charge in [0.2, 0.25) is 0 Å². The molecule has 1 aliphatic carbocycles. The minimum absolute atomic E-state index is 0. The van der Waals surface area contributed by atoms with Gasteiger partial charge < -0.3 is 11.1 Å². The van der Waals surface area contributed by atoms with Crippen LogP contribution in [-0.4, -0.2) is 17.4 Å². The van der Waals surface area contributed by atoms with Gasteiger partial charge in [-0.3, -0.25) is 4.79 Å². The highest BCUT2D eigenvalue weighted by molar-refractivity contribution is 7.09. The molecule has 0 saturated heterocycles. The molecule has 108 valence electrons. The monoisotopic (exact) mass is 303 g/mol. The van der Waals surface area contributed by atoms with E-state index in [9.17, 15) is 4.79 Å². The summed E-state index contributed by atoms with van der Waals surface area (Å²) in [5, 5.41) is 5.63. The largest absolute Gasteiger partial charge is 0.350 e. The van der Waals surface area contributed by atoms with Gasteiger partial charge in [0.1, 0.15) is 10.7 Å². The topological polar surface area (TPSA) is 68.0 Å². The standard InChI is InChI=1S/C13H21N3OS.ClH/c1-2-13(5-3-4-6-13)9-15-12(17)10-8-18-11(7-14)16-10;/h8H,2-7,9,14H2,1H3,(H,15,17);1H. The minimum Gasteiger partial charge on any atom is -0.350 e. The predicted octanol–water partition coefficient (Wildman–Crippen LogP) is 2.72. The van der Waals surface area contributed by atoms with Crippen LogP contribution in [0.15, 0.2) is 5.38 Å². The van der Waals surface area contributed by atoms with Crippen molar-refractivity contribution in [3.8, 4) is 0 Å². The highest BCUT2D eigenvalue weighted by Crippen LogP contribution is 2.40. The highest BCUT2D eigenvalue weighted by atomic mass is 35.5. The minimum atomic E-state index is -0.0642. The second-order valence-corrected chi connectivity index (χ2v) is 6.02. The van der Waals surface area contributed by atoms with Gasteiger partial charge in [-0.1, -0.05) is 19.8 Å². The van der Waals surface area contributed by atoms with Crippen molar-refractivity contribution in [2.24, 2.45) is 11.1 Å². The summed E-state index contributed by atoms with van der Waals surface area (Å²) in [5.74, 6) is -0.0642. The van der Waals surface area contributed by atoms with Crippen LogP contribution < -0.4 is 11.1 Å². The number of nitrogens with two attached hydrogens (primary N) is 1. The Morgan fingerprint density at radius 1 is 1.53 bits per heavy atom. The van der Waals surface area contributed by atoms with Crippen molar-refractivity contribution in [1.29, 1.82) is 0 Å². The number of nitrogens with zero attached hydrogens (tertiary/aromatic N) is 1. The van der Waals surface area contributed by atoms with E-state index >= 15 is 0 Å². The summed E-state index contributed by atoms with van der Waals surface area (Å²) in [7, 11) is 0. The van der Waals surface area contributed by atoms with Gasteiger partial charge in [-0.2, -0.15) is 0 Å². The zero-order valence-electron chi connectivity index (χ0n) is 11.3. The van der Waals surface area contributed by atoms with Crippen molar-refractivity contribution in [3.63, 3.8) is 0 Å². The van der Waals surface area contributed by atoms with Crippen molar-refractivity contribution >= 4 is 29.7 Å². The van der Waals surface area contributed by atoms with E-state index in [4.69, 9.17) is 5.73 Å². The number of halogens is 1. The van der Waals surface area contributed by atoms with Crippen molar-refractivity contribution in [2.45, 2.75) is 45.6 Å². The molecule has 0 bridgehead atoms. The maximum Gasteiger partial charge on any atom is 0.270 e. The summed E-state index contributed by atoms with van der Waals surface area (Å²) in [6.45, 7) is 3.39. The molecule has 0 spiro atoms. The zero-order chi connectivity index (χ0) is 13.0. The Bertz CT molecular complexity index is 416. The molecule has 19 heavy (non-hydrogen) atoms. The summed E-state index contributed by atoms with van der Waals surface area (Å²) in [5.41, 5.74) is 6.32. The van der Waals surface area contributed by atoms with E-state index < -0.39 is 0 Å². The molecule has 0 aliphatic heterocycles. The van der Waals surface area contributed by atoms with Crippen LogP contribution in [-0.2, 0) is 6.54 Å². The molecule has 1 heterocycles. The lowest BCUT2D eigenvalue weighted by Gasteiger charge is -2.27. The van der Waals surface area contributed by atoms with Crippen molar-refractivity contribution in [3.05, 3.63) is 16.1 Å². The third-order valence-electron chi connectivity index (χ3n) is 4.00. The van der Waals surface area contributed by atoms with Crippen molar-refractivity contribution in [2.75, 3.05) is 6.54 Å². The molecule has 0 unspecified atom stereocenters. The normalized spacial score (nSPS) is 16.9. The van der Waals surface area contributed by atoms with Gasteiger partial charge in [-0.25, -0.2) is 4.98 Å². The molecule has 3 N–H and O–H groups in total. The molecule has 4 nitrogen and oxygen atoms in total. The molecule has 1 aromatic rings. The molecular formula is C13H22ClN3OS. The van der Waals surface area contributed by atoms with Gasteiger partial charge >= 0.3 is 0 Å². The third-order valence-corrected chi connectivity index (χ3v) is 4.87. The molecule has 2 rings (SSSR count). The number of carbonyl (C=O) groups is 1. The number of nitrogens with one attached hydrogen (secondary N) is 1. The molecule has 6 heteroatoms. The fourth-order valence-corrected chi connectivity index (χ4v) is 3.30. The lowest BCUT2D eigenvalue weighted by Crippen LogP contribution is -2.35. The van der Waals surface area contributed by atoms with Crippen LogP contribution in [0.3, 0.4) is 0 Å². The van der Waals surface area contributed by atoms with Gasteiger partial charge in [-0.05, 0) is 24.7 Å². The Labute approximate surface area is 124 Å². The van der Waals surface area contributed by atoms with Crippen LogP contribution in [0.25, 0.3) is 0 Å². The first-order valence-corrected chi connectivity index (χ1v) is 7.50. The van der Waals surface area contributed by atoms with Crippen LogP contribution in [0, 0.1) is 5.41 Å². The van der Waals surface area contributed by atoms with Crippen LogP contribution in [0.1, 0.15) is 54.5 Å². The first-order valence-electron chi connectivity index (χ1n) is 6.62. The number of amides is 1. The number of hydrogen-bond donors (Lipinski definition) is 2. The number of rotatable bonds is 5. The smallest absolute Gasteiger partial charge is 0.270 e. The summed E-state index contributed by atoms with van der Waals surface area (Å²) < 4.78 is 0. The molecule has 1 aromatic heterocycles. The summed E-state index contributed by atoms with van der Waals surface area (Å²) in [6, 6.07) is 0. The SMILES string of the molecule is CCC1(CNC(=O)c2csc(CN)n2)CCCC1.Cl. The van der Waals surface area contributed by atoms with E-state index in [-0.39, 0.29) is 18.3 Å². The van der Waals surface area contributed by atoms with Crippen LogP contribution in [0.2, 0.25) is 0 Å². The van der Waals surface area contributed by atoms with Gasteiger partial charge in [0.15, 0.2) is 0 Å². The molecule has 1 fully saturated rings. The Kier molecular flexibility index (Phi) is 6.23. The van der Waals surface area contributed by atoms with Crippen molar-refractivity contribution < 1.29 is 4.79 Å². The predicted molar refractivity (Wildman–Crippen MR) is 80.8 cm³/mol. The fourth-order valence-electron chi connectivity index (χ4n) is 2.65. The Morgan fingerprint density at radius 3 is 2.74 bits per heavy atom. The number of hydrogen-bond acceptors (Lipinski definition) is 4. The van der Waals surface area contributed by atoms with Gasteiger partial charge in [0, 0.05) is 18.5 Å². The Hall–Kier alpha value is -0.650. The maximum atomic E-state index is 12.0. The summed E-state index contributed by atoms with van der Waals surface area (Å²) in [4.78, 5) is 16.2. The lowest BCUT2D eigenvalue weighted by molar-refractivity contribution is 0.0924. The summed E-state index contributed by atoms with van der Waals surface area (Å²) >= 11 is 1.44. The van der Waals surface area contributed by atoms with E-state index in [0.29, 0.717) is 17.7 Å². The van der Waals surface area contributed by atoms with Gasteiger partial charge in [-0.15, -0.1) is 23.7 Å². The molecule has 0 radical (unpaired) electrons. The van der Waals surface area contributed by atoms with E-state index in [2.05, 4.69) is 17.2 Å². The lowest BCUT2D eigenvalue weighted by atomic mass is 9.83. The molecule has 0 aromatic carbocycles. The maximum absolute atomic E-state index is 12.0. The fraction of sp³-hybridized carbons (Fsp3) is 0.692. The van der Waals surface area contributed by atoms with E-state index in [1.807, 2.05) is 0 Å². The summed E-state index contributed by atoms with van der Waals surface area (Å²) in [6.07, 6.45) is 6.18. The average Bonchev–Trinajstić information content (AvgIpc) is 3.05. The zero-order valence-corrected chi connectivity index (χ0v) is 12.9. The number of carbonyl (C=O) groups excluding carboxylic acids is 1. The van der Waals surface area contributed by atoms with Gasteiger partial charge in [0.05, 0.1) is 0 Å². The van der Waals surface area contributed by atoms with E-state index in [0.717, 1.165) is 18.0 Å². The number of thiazole rings is 1. The number of aromatic nitrogens is 1. The van der Waals surface area contributed by atoms with E-state index in [1.54, 1.807) is 5.38 Å². The first-order chi connectivity index (χ1) is 8.69. The molecule has 1 amide bonds. The Balaban J connectivity index is 0.00000180. The molecule has 1 aliphatic rings. The molecule has 0 atom stereocenters. The van der Waals surface area contributed by atoms with Crippen molar-refractivity contribution in [1.82, 2.24) is 10.3 Å². The van der Waals surface area contributed by atoms with Crippen LogP contribution >= 0.6 is 23.7 Å². The molecule has 1 saturated carbocycles. The Morgan fingerprint density at radius 2 is 2.21 bits per heavy atom. The second-order valence-electron chi connectivity index (χ2n) is 5.07. The van der Waals surface area contributed by atoms with Crippen LogP contribution in [0.4, 0.5) is 0 Å². The average molecular weight is 304 g/mol. The van der Waals surface area contributed by atoms with Crippen LogP contribution in [0.5, 0.6) is 0 Å². The third kappa shape index (κ3) is 3.91. The highest BCUT2D eigenvalue weighted by Gasteiger charge is 2.32.